The van der Waals surface area contributed by atoms with Gasteiger partial charge in [-0.15, -0.1) is 0 Å². The van der Waals surface area contributed by atoms with E-state index in [4.69, 9.17) is 0 Å². The van der Waals surface area contributed by atoms with E-state index in [0.717, 1.165) is 24.2 Å². The highest BCUT2D eigenvalue weighted by atomic mass is 16.2. The molecule has 160 valence electrons. The van der Waals surface area contributed by atoms with E-state index in [1.807, 2.05) is 44.2 Å². The van der Waals surface area contributed by atoms with Crippen molar-refractivity contribution in [2.45, 2.75) is 45.8 Å². The Bertz CT molecular complexity index is 850. The smallest absolute Gasteiger partial charge is 0.243 e. The van der Waals surface area contributed by atoms with E-state index in [9.17, 15) is 9.59 Å². The molecular formula is C25H33N3O2. The highest BCUT2D eigenvalue weighted by Gasteiger charge is 2.34. The van der Waals surface area contributed by atoms with E-state index in [1.54, 1.807) is 4.90 Å². The second kappa shape index (κ2) is 10.4. The number of rotatable bonds is 8. The standard InChI is InChI=1S/C25H33N3O2/c1-19(2)15-24(29)28-18-22-12-8-7-11-21(22)16-23(28)25(30)26-13-14-27(3)17-20-9-5-4-6-10-20/h4-12,19,23H,13-18H2,1-3H3,(H,26,30). The van der Waals surface area contributed by atoms with Crippen molar-refractivity contribution in [2.75, 3.05) is 20.1 Å². The molecule has 0 saturated carbocycles. The van der Waals surface area contributed by atoms with E-state index < -0.39 is 6.04 Å². The van der Waals surface area contributed by atoms with Gasteiger partial charge in [-0.25, -0.2) is 0 Å². The molecule has 0 radical (unpaired) electrons. The Balaban J connectivity index is 1.59. The van der Waals surface area contributed by atoms with Gasteiger partial charge in [0.2, 0.25) is 11.8 Å². The first-order chi connectivity index (χ1) is 14.4. The number of likely N-dealkylation sites (N-methyl/N-ethyl adjacent to an activating group) is 1. The third-order valence-corrected chi connectivity index (χ3v) is 5.54. The third kappa shape index (κ3) is 5.92. The SMILES string of the molecule is CC(C)CC(=O)N1Cc2ccccc2CC1C(=O)NCCN(C)Cc1ccccc1. The molecule has 1 heterocycles. The average Bonchev–Trinajstić information content (AvgIpc) is 2.73. The van der Waals surface area contributed by atoms with Crippen molar-refractivity contribution >= 4 is 11.8 Å². The van der Waals surface area contributed by atoms with Crippen molar-refractivity contribution in [3.63, 3.8) is 0 Å². The minimum Gasteiger partial charge on any atom is -0.353 e. The minimum atomic E-state index is -0.439. The monoisotopic (exact) mass is 407 g/mol. The van der Waals surface area contributed by atoms with Crippen LogP contribution in [-0.2, 0) is 29.1 Å². The minimum absolute atomic E-state index is 0.0563. The number of hydrogen-bond donors (Lipinski definition) is 1. The van der Waals surface area contributed by atoms with Crippen LogP contribution in [0.25, 0.3) is 0 Å². The normalized spacial score (nSPS) is 15.9. The Kier molecular flexibility index (Phi) is 7.63. The molecule has 0 bridgehead atoms. The summed E-state index contributed by atoms with van der Waals surface area (Å²) in [6, 6.07) is 18.0. The third-order valence-electron chi connectivity index (χ3n) is 5.54. The van der Waals surface area contributed by atoms with Crippen LogP contribution in [0.1, 0.15) is 37.0 Å². The second-order valence-electron chi connectivity index (χ2n) is 8.62. The average molecular weight is 408 g/mol. The van der Waals surface area contributed by atoms with Crippen molar-refractivity contribution in [2.24, 2.45) is 5.92 Å². The van der Waals surface area contributed by atoms with Gasteiger partial charge in [0.1, 0.15) is 6.04 Å². The van der Waals surface area contributed by atoms with Crippen LogP contribution in [0.5, 0.6) is 0 Å². The van der Waals surface area contributed by atoms with Gasteiger partial charge in [-0.05, 0) is 29.7 Å². The number of fused-ring (bicyclic) bond motifs is 1. The molecular weight excluding hydrogens is 374 g/mol. The predicted molar refractivity (Wildman–Crippen MR) is 120 cm³/mol. The van der Waals surface area contributed by atoms with E-state index in [0.29, 0.717) is 25.9 Å². The first kappa shape index (κ1) is 22.0. The maximum absolute atomic E-state index is 13.0. The van der Waals surface area contributed by atoms with Crippen LogP contribution < -0.4 is 5.32 Å². The molecule has 5 heteroatoms. The van der Waals surface area contributed by atoms with Gasteiger partial charge in [0.15, 0.2) is 0 Å². The van der Waals surface area contributed by atoms with E-state index in [2.05, 4.69) is 41.5 Å². The Labute approximate surface area is 180 Å². The van der Waals surface area contributed by atoms with Gasteiger partial charge in [-0.2, -0.15) is 0 Å². The molecule has 0 aromatic heterocycles. The zero-order chi connectivity index (χ0) is 21.5. The fourth-order valence-electron chi connectivity index (χ4n) is 3.95. The van der Waals surface area contributed by atoms with Crippen molar-refractivity contribution in [3.8, 4) is 0 Å². The van der Waals surface area contributed by atoms with Crippen LogP contribution in [0.2, 0.25) is 0 Å². The fourth-order valence-corrected chi connectivity index (χ4v) is 3.95. The van der Waals surface area contributed by atoms with Crippen molar-refractivity contribution in [3.05, 3.63) is 71.3 Å². The van der Waals surface area contributed by atoms with Gasteiger partial charge in [-0.1, -0.05) is 68.4 Å². The van der Waals surface area contributed by atoms with Gasteiger partial charge < -0.3 is 15.1 Å². The lowest BCUT2D eigenvalue weighted by Crippen LogP contribution is -2.53. The largest absolute Gasteiger partial charge is 0.353 e. The molecule has 1 aliphatic heterocycles. The summed E-state index contributed by atoms with van der Waals surface area (Å²) in [5, 5.41) is 3.06. The molecule has 1 atom stereocenters. The molecule has 30 heavy (non-hydrogen) atoms. The van der Waals surface area contributed by atoms with Crippen molar-refractivity contribution in [1.29, 1.82) is 0 Å². The molecule has 1 aliphatic rings. The van der Waals surface area contributed by atoms with E-state index >= 15 is 0 Å². The maximum Gasteiger partial charge on any atom is 0.243 e. The predicted octanol–water partition coefficient (Wildman–Crippen LogP) is 3.23. The number of carbonyl (C=O) groups excluding carboxylic acids is 2. The fraction of sp³-hybridized carbons (Fsp3) is 0.440. The molecule has 1 N–H and O–H groups in total. The van der Waals surface area contributed by atoms with Crippen molar-refractivity contribution in [1.82, 2.24) is 15.1 Å². The van der Waals surface area contributed by atoms with Crippen LogP contribution in [-0.4, -0.2) is 47.8 Å². The molecule has 2 aromatic carbocycles. The lowest BCUT2D eigenvalue weighted by Gasteiger charge is -2.36. The summed E-state index contributed by atoms with van der Waals surface area (Å²) in [5.41, 5.74) is 3.55. The maximum atomic E-state index is 13.0. The highest BCUT2D eigenvalue weighted by molar-refractivity contribution is 5.88. The van der Waals surface area contributed by atoms with E-state index in [1.165, 1.54) is 5.56 Å². The number of nitrogens with zero attached hydrogens (tertiary/aromatic N) is 2. The van der Waals surface area contributed by atoms with Crippen LogP contribution in [0, 0.1) is 5.92 Å². The van der Waals surface area contributed by atoms with Gasteiger partial charge >= 0.3 is 0 Å². The van der Waals surface area contributed by atoms with Crippen LogP contribution in [0.4, 0.5) is 0 Å². The van der Waals surface area contributed by atoms with Gasteiger partial charge in [0, 0.05) is 39.0 Å². The number of carbonyl (C=O) groups is 2. The first-order valence-electron chi connectivity index (χ1n) is 10.8. The number of amides is 2. The van der Waals surface area contributed by atoms with Gasteiger partial charge in [-0.3, -0.25) is 9.59 Å². The quantitative estimate of drug-likeness (QED) is 0.731. The Morgan fingerprint density at radius 3 is 2.43 bits per heavy atom. The highest BCUT2D eigenvalue weighted by Crippen LogP contribution is 2.25. The Hall–Kier alpha value is -2.66. The molecule has 3 rings (SSSR count). The summed E-state index contributed by atoms with van der Waals surface area (Å²) < 4.78 is 0. The summed E-state index contributed by atoms with van der Waals surface area (Å²) in [4.78, 5) is 29.8. The summed E-state index contributed by atoms with van der Waals surface area (Å²) >= 11 is 0. The number of benzene rings is 2. The van der Waals surface area contributed by atoms with Crippen molar-refractivity contribution < 1.29 is 9.59 Å². The molecule has 0 fully saturated rings. The second-order valence-corrected chi connectivity index (χ2v) is 8.62. The lowest BCUT2D eigenvalue weighted by molar-refractivity contribution is -0.142. The molecule has 5 nitrogen and oxygen atoms in total. The molecule has 2 aromatic rings. The van der Waals surface area contributed by atoms with Crippen LogP contribution in [0.15, 0.2) is 54.6 Å². The zero-order valence-electron chi connectivity index (χ0n) is 18.3. The molecule has 0 spiro atoms. The Morgan fingerprint density at radius 2 is 1.73 bits per heavy atom. The lowest BCUT2D eigenvalue weighted by atomic mass is 9.92. The topological polar surface area (TPSA) is 52.7 Å². The van der Waals surface area contributed by atoms with E-state index in [-0.39, 0.29) is 17.7 Å². The summed E-state index contributed by atoms with van der Waals surface area (Å²) in [7, 11) is 2.05. The number of hydrogen-bond acceptors (Lipinski definition) is 3. The van der Waals surface area contributed by atoms with Crippen LogP contribution in [0.3, 0.4) is 0 Å². The molecule has 0 saturated heterocycles. The molecule has 2 amide bonds. The summed E-state index contributed by atoms with van der Waals surface area (Å²) in [5.74, 6) is 0.264. The van der Waals surface area contributed by atoms with Gasteiger partial charge in [0.05, 0.1) is 0 Å². The zero-order valence-corrected chi connectivity index (χ0v) is 18.3. The Morgan fingerprint density at radius 1 is 1.07 bits per heavy atom. The molecule has 0 aliphatic carbocycles. The first-order valence-corrected chi connectivity index (χ1v) is 10.8. The summed E-state index contributed by atoms with van der Waals surface area (Å²) in [6.07, 6.45) is 1.04. The van der Waals surface area contributed by atoms with Gasteiger partial charge in [0.25, 0.3) is 0 Å². The van der Waals surface area contributed by atoms with Crippen LogP contribution >= 0.6 is 0 Å². The summed E-state index contributed by atoms with van der Waals surface area (Å²) in [6.45, 7) is 6.73. The molecule has 1 unspecified atom stereocenters. The number of nitrogens with one attached hydrogen (secondary N) is 1.